The quantitative estimate of drug-likeness (QED) is 0.413. The molecule has 0 unspecified atom stereocenters. The van der Waals surface area contributed by atoms with E-state index in [0.29, 0.717) is 19.6 Å². The number of carbonyl (C=O) groups excluding carboxylic acids is 1. The highest BCUT2D eigenvalue weighted by atomic mass is 16.3. The lowest BCUT2D eigenvalue weighted by Gasteiger charge is -2.13. The summed E-state index contributed by atoms with van der Waals surface area (Å²) in [5, 5.41) is 22.2. The number of aliphatic hydroxyl groups excluding tert-OH is 1. The second kappa shape index (κ2) is 9.68. The van der Waals surface area contributed by atoms with E-state index in [4.69, 9.17) is 5.11 Å². The summed E-state index contributed by atoms with van der Waals surface area (Å²) in [6, 6.07) is 7.63. The van der Waals surface area contributed by atoms with Crippen LogP contribution in [0.5, 0.6) is 0 Å². The summed E-state index contributed by atoms with van der Waals surface area (Å²) in [6.07, 6.45) is 11.0. The molecule has 0 fully saturated rings. The lowest BCUT2D eigenvalue weighted by atomic mass is 10.00. The van der Waals surface area contributed by atoms with Crippen molar-refractivity contribution in [3.8, 4) is 0 Å². The van der Waals surface area contributed by atoms with Crippen LogP contribution in [0.25, 0.3) is 5.57 Å². The van der Waals surface area contributed by atoms with Gasteiger partial charge in [-0.25, -0.2) is 0 Å². The minimum atomic E-state index is -0.182. The van der Waals surface area contributed by atoms with E-state index in [9.17, 15) is 4.79 Å². The molecule has 7 nitrogen and oxygen atoms in total. The van der Waals surface area contributed by atoms with Gasteiger partial charge in [0, 0.05) is 50.2 Å². The van der Waals surface area contributed by atoms with Crippen LogP contribution in [0.15, 0.2) is 66.7 Å². The van der Waals surface area contributed by atoms with Gasteiger partial charge in [0.15, 0.2) is 0 Å². The normalized spacial score (nSPS) is 13.8. The average molecular weight is 379 g/mol. The van der Waals surface area contributed by atoms with E-state index in [0.717, 1.165) is 28.0 Å². The second-order valence-corrected chi connectivity index (χ2v) is 6.48. The molecular weight excluding hydrogens is 354 g/mol. The van der Waals surface area contributed by atoms with Crippen molar-refractivity contribution in [1.82, 2.24) is 20.4 Å². The fourth-order valence-electron chi connectivity index (χ4n) is 2.88. The zero-order valence-electron chi connectivity index (χ0n) is 15.9. The van der Waals surface area contributed by atoms with Gasteiger partial charge in [-0.2, -0.15) is 5.10 Å². The number of benzene rings is 1. The van der Waals surface area contributed by atoms with Crippen molar-refractivity contribution >= 4 is 17.2 Å². The molecule has 0 spiro atoms. The van der Waals surface area contributed by atoms with Gasteiger partial charge in [-0.1, -0.05) is 18.2 Å². The molecule has 1 aliphatic rings. The van der Waals surface area contributed by atoms with E-state index in [-0.39, 0.29) is 12.5 Å². The van der Waals surface area contributed by atoms with Crippen LogP contribution in [-0.4, -0.2) is 40.5 Å². The molecule has 2 heterocycles. The van der Waals surface area contributed by atoms with Crippen LogP contribution in [-0.2, 0) is 18.4 Å². The zero-order valence-corrected chi connectivity index (χ0v) is 15.9. The highest BCUT2D eigenvalue weighted by Crippen LogP contribution is 2.22. The maximum atomic E-state index is 12.3. The van der Waals surface area contributed by atoms with Gasteiger partial charge in [-0.05, 0) is 41.1 Å². The summed E-state index contributed by atoms with van der Waals surface area (Å²) in [4.78, 5) is 12.3. The van der Waals surface area contributed by atoms with Crippen LogP contribution in [0.4, 0.5) is 5.69 Å². The first kappa shape index (κ1) is 19.6. The van der Waals surface area contributed by atoms with Gasteiger partial charge in [0.1, 0.15) is 0 Å². The molecule has 4 N–H and O–H groups in total. The third kappa shape index (κ3) is 5.42. The molecule has 0 saturated heterocycles. The largest absolute Gasteiger partial charge is 0.395 e. The monoisotopic (exact) mass is 379 g/mol. The van der Waals surface area contributed by atoms with Gasteiger partial charge < -0.3 is 21.1 Å². The number of amides is 1. The van der Waals surface area contributed by atoms with Crippen molar-refractivity contribution in [2.75, 3.05) is 25.0 Å². The number of rotatable bonds is 8. The first-order valence-corrected chi connectivity index (χ1v) is 9.17. The van der Waals surface area contributed by atoms with Crippen molar-refractivity contribution in [2.24, 2.45) is 7.05 Å². The number of aryl methyl sites for hydroxylation is 1. The van der Waals surface area contributed by atoms with Crippen LogP contribution in [0, 0.1) is 0 Å². The van der Waals surface area contributed by atoms with E-state index in [1.165, 1.54) is 0 Å². The molecule has 1 amide bonds. The Kier molecular flexibility index (Phi) is 6.78. The molecule has 146 valence electrons. The van der Waals surface area contributed by atoms with Crippen LogP contribution in [0.2, 0.25) is 0 Å². The molecule has 7 heteroatoms. The van der Waals surface area contributed by atoms with Gasteiger partial charge >= 0.3 is 0 Å². The van der Waals surface area contributed by atoms with Crippen molar-refractivity contribution in [3.63, 3.8) is 0 Å². The molecule has 0 atom stereocenters. The van der Waals surface area contributed by atoms with Crippen LogP contribution >= 0.6 is 0 Å². The molecule has 1 aliphatic heterocycles. The van der Waals surface area contributed by atoms with Crippen LogP contribution < -0.4 is 16.0 Å². The topological polar surface area (TPSA) is 91.2 Å². The summed E-state index contributed by atoms with van der Waals surface area (Å²) in [6.45, 7) is 2.01. The smallest absolute Gasteiger partial charge is 0.248 e. The Morgan fingerprint density at radius 1 is 1.36 bits per heavy atom. The maximum Gasteiger partial charge on any atom is 0.248 e. The number of hydrogen-bond acceptors (Lipinski definition) is 5. The summed E-state index contributed by atoms with van der Waals surface area (Å²) in [7, 11) is 1.88. The Balaban J connectivity index is 1.62. The van der Waals surface area contributed by atoms with E-state index >= 15 is 0 Å². The van der Waals surface area contributed by atoms with E-state index in [2.05, 4.69) is 21.0 Å². The Morgan fingerprint density at radius 2 is 2.18 bits per heavy atom. The second-order valence-electron chi connectivity index (χ2n) is 6.48. The highest BCUT2D eigenvalue weighted by Gasteiger charge is 2.10. The van der Waals surface area contributed by atoms with E-state index in [1.54, 1.807) is 10.8 Å². The van der Waals surface area contributed by atoms with Gasteiger partial charge in [-0.15, -0.1) is 0 Å². The number of dihydropyridines is 1. The molecule has 1 aromatic carbocycles. The van der Waals surface area contributed by atoms with Gasteiger partial charge in [0.05, 0.1) is 12.8 Å². The molecular formula is C21H25N5O2. The zero-order chi connectivity index (χ0) is 19.8. The molecule has 0 radical (unpaired) electrons. The standard InChI is InChI=1S/C21H25N5O2/c1-26-15-18(14-24-26)20-8-9-22-13-17(20)4-7-21(28)25-19-5-2-16(3-6-19)12-23-10-11-27/h2-9,14-15,22-23,27H,10-13H2,1H3,(H,25,28)/b7-4+. The number of hydrogen-bond donors (Lipinski definition) is 4. The summed E-state index contributed by atoms with van der Waals surface area (Å²) in [5.74, 6) is -0.182. The van der Waals surface area contributed by atoms with Crippen molar-refractivity contribution in [1.29, 1.82) is 0 Å². The van der Waals surface area contributed by atoms with Gasteiger partial charge in [-0.3, -0.25) is 9.48 Å². The Morgan fingerprint density at radius 3 is 2.89 bits per heavy atom. The van der Waals surface area contributed by atoms with Gasteiger partial charge in [0.2, 0.25) is 5.91 Å². The lowest BCUT2D eigenvalue weighted by molar-refractivity contribution is -0.111. The molecule has 2 aromatic rings. The fourth-order valence-corrected chi connectivity index (χ4v) is 2.88. The third-order valence-corrected chi connectivity index (χ3v) is 4.30. The summed E-state index contributed by atoms with van der Waals surface area (Å²) >= 11 is 0. The number of allylic oxidation sites excluding steroid dienone is 2. The summed E-state index contributed by atoms with van der Waals surface area (Å²) < 4.78 is 1.76. The van der Waals surface area contributed by atoms with Crippen molar-refractivity contribution < 1.29 is 9.90 Å². The molecule has 1 aromatic heterocycles. The van der Waals surface area contributed by atoms with Crippen molar-refractivity contribution in [3.05, 3.63) is 77.8 Å². The van der Waals surface area contributed by atoms with E-state index in [1.807, 2.05) is 62.1 Å². The SMILES string of the molecule is Cn1cc(C2=C(/C=C/C(=O)Nc3ccc(CNCCO)cc3)CNC=C2)cn1. The van der Waals surface area contributed by atoms with Crippen LogP contribution in [0.3, 0.4) is 0 Å². The number of nitrogens with zero attached hydrogens (tertiary/aromatic N) is 2. The average Bonchev–Trinajstić information content (AvgIpc) is 3.14. The minimum absolute atomic E-state index is 0.116. The van der Waals surface area contributed by atoms with Crippen molar-refractivity contribution in [2.45, 2.75) is 6.54 Å². The Labute approximate surface area is 164 Å². The number of nitrogens with one attached hydrogen (secondary N) is 3. The number of aliphatic hydroxyl groups is 1. The minimum Gasteiger partial charge on any atom is -0.395 e. The molecule has 3 rings (SSSR count). The van der Waals surface area contributed by atoms with Crippen LogP contribution in [0.1, 0.15) is 11.1 Å². The van der Waals surface area contributed by atoms with E-state index < -0.39 is 0 Å². The number of carbonyl (C=O) groups is 1. The Bertz CT molecular complexity index is 894. The Hall–Kier alpha value is -3.16. The third-order valence-electron chi connectivity index (χ3n) is 4.30. The fraction of sp³-hybridized carbons (Fsp3) is 0.238. The first-order valence-electron chi connectivity index (χ1n) is 9.17. The molecule has 0 bridgehead atoms. The predicted octanol–water partition coefficient (Wildman–Crippen LogP) is 1.57. The number of anilines is 1. The lowest BCUT2D eigenvalue weighted by Crippen LogP contribution is -2.17. The highest BCUT2D eigenvalue weighted by molar-refractivity contribution is 6.00. The predicted molar refractivity (Wildman–Crippen MR) is 110 cm³/mol. The molecule has 0 saturated carbocycles. The molecule has 0 aliphatic carbocycles. The van der Waals surface area contributed by atoms with Gasteiger partial charge in [0.25, 0.3) is 0 Å². The summed E-state index contributed by atoms with van der Waals surface area (Å²) in [5.41, 5.74) is 4.93. The maximum absolute atomic E-state index is 12.3. The number of aromatic nitrogens is 2. The molecule has 28 heavy (non-hydrogen) atoms. The first-order chi connectivity index (χ1) is 13.7.